The summed E-state index contributed by atoms with van der Waals surface area (Å²) in [6, 6.07) is 0. The molecule has 0 atom stereocenters. The van der Waals surface area contributed by atoms with Gasteiger partial charge in [-0.2, -0.15) is 0 Å². The summed E-state index contributed by atoms with van der Waals surface area (Å²) in [5, 5.41) is 9.07. The van der Waals surface area contributed by atoms with Crippen LogP contribution in [0.25, 0.3) is 0 Å². The van der Waals surface area contributed by atoms with Gasteiger partial charge >= 0.3 is 5.97 Å². The molecule has 1 N–H and O–H groups in total. The van der Waals surface area contributed by atoms with Gasteiger partial charge in [0.05, 0.1) is 13.2 Å². The van der Waals surface area contributed by atoms with Crippen LogP contribution >= 0.6 is 0 Å². The number of ether oxygens (including phenoxy) is 1. The van der Waals surface area contributed by atoms with Crippen LogP contribution in [0.2, 0.25) is 0 Å². The van der Waals surface area contributed by atoms with Crippen LogP contribution in [0, 0.1) is 11.3 Å². The van der Waals surface area contributed by atoms with Crippen LogP contribution in [0.1, 0.15) is 33.6 Å². The van der Waals surface area contributed by atoms with Gasteiger partial charge in [-0.15, -0.1) is 0 Å². The molecule has 0 bridgehead atoms. The van der Waals surface area contributed by atoms with Crippen LogP contribution in [-0.2, 0) is 14.3 Å². The number of nitrogens with zero attached hydrogens (tertiary/aromatic N) is 1. The molecule has 5 heteroatoms. The van der Waals surface area contributed by atoms with E-state index in [0.717, 1.165) is 25.9 Å². The van der Waals surface area contributed by atoms with Crippen molar-refractivity contribution in [1.29, 1.82) is 0 Å². The van der Waals surface area contributed by atoms with Gasteiger partial charge in [0.15, 0.2) is 5.78 Å². The van der Waals surface area contributed by atoms with Gasteiger partial charge in [-0.25, -0.2) is 0 Å². The van der Waals surface area contributed by atoms with Crippen LogP contribution in [0.5, 0.6) is 0 Å². The number of hydrogen-bond acceptors (Lipinski definition) is 5. The van der Waals surface area contributed by atoms with Gasteiger partial charge in [0.1, 0.15) is 5.41 Å². The van der Waals surface area contributed by atoms with Crippen molar-refractivity contribution in [2.75, 3.05) is 32.8 Å². The standard InChI is InChI=1S/C14H25NO4/c1-4-19-13(18)14(2,3)12(17)9-15-7-5-11(10-16)6-8-15/h11,16H,4-10H2,1-3H3. The van der Waals surface area contributed by atoms with Crippen LogP contribution in [0.4, 0.5) is 0 Å². The van der Waals surface area contributed by atoms with Crippen LogP contribution in [0.15, 0.2) is 0 Å². The number of Topliss-reactive ketones (excluding diaryl/α,β-unsaturated/α-hetero) is 1. The number of carbonyl (C=O) groups is 2. The molecule has 0 unspecified atom stereocenters. The number of carbonyl (C=O) groups excluding carboxylic acids is 2. The minimum absolute atomic E-state index is 0.103. The molecule has 1 rings (SSSR count). The average molecular weight is 271 g/mol. The van der Waals surface area contributed by atoms with E-state index < -0.39 is 11.4 Å². The molecule has 0 amide bonds. The van der Waals surface area contributed by atoms with Gasteiger partial charge in [-0.3, -0.25) is 14.5 Å². The summed E-state index contributed by atoms with van der Waals surface area (Å²) in [5.74, 6) is -0.205. The Morgan fingerprint density at radius 1 is 1.32 bits per heavy atom. The number of piperidine rings is 1. The van der Waals surface area contributed by atoms with Gasteiger partial charge < -0.3 is 9.84 Å². The molecule has 1 heterocycles. The van der Waals surface area contributed by atoms with Crippen LogP contribution in [0.3, 0.4) is 0 Å². The number of aliphatic hydroxyl groups excluding tert-OH is 1. The minimum Gasteiger partial charge on any atom is -0.465 e. The van der Waals surface area contributed by atoms with Crippen LogP contribution < -0.4 is 0 Å². The molecule has 1 saturated heterocycles. The van der Waals surface area contributed by atoms with Crippen molar-refractivity contribution >= 4 is 11.8 Å². The third-order valence-corrected chi connectivity index (χ3v) is 3.82. The molecular weight excluding hydrogens is 246 g/mol. The Morgan fingerprint density at radius 2 is 1.89 bits per heavy atom. The average Bonchev–Trinajstić information content (AvgIpc) is 2.39. The summed E-state index contributed by atoms with van der Waals surface area (Å²) >= 11 is 0. The highest BCUT2D eigenvalue weighted by Crippen LogP contribution is 2.22. The first-order chi connectivity index (χ1) is 8.91. The second kappa shape index (κ2) is 7.01. The summed E-state index contributed by atoms with van der Waals surface area (Å²) in [6.45, 7) is 7.36. The summed E-state index contributed by atoms with van der Waals surface area (Å²) in [6.07, 6.45) is 1.81. The number of likely N-dealkylation sites (tertiary alicyclic amines) is 1. The molecule has 5 nitrogen and oxygen atoms in total. The topological polar surface area (TPSA) is 66.8 Å². The zero-order chi connectivity index (χ0) is 14.5. The van der Waals surface area contributed by atoms with E-state index in [2.05, 4.69) is 4.90 Å². The molecular formula is C14H25NO4. The first-order valence-electron chi connectivity index (χ1n) is 6.95. The smallest absolute Gasteiger partial charge is 0.319 e. The number of hydrogen-bond donors (Lipinski definition) is 1. The second-order valence-electron chi connectivity index (χ2n) is 5.67. The van der Waals surface area contributed by atoms with Gasteiger partial charge in [0.25, 0.3) is 0 Å². The molecule has 19 heavy (non-hydrogen) atoms. The van der Waals surface area contributed by atoms with Crippen molar-refractivity contribution in [1.82, 2.24) is 4.90 Å². The van der Waals surface area contributed by atoms with Crippen molar-refractivity contribution in [2.24, 2.45) is 11.3 Å². The van der Waals surface area contributed by atoms with E-state index in [9.17, 15) is 9.59 Å². The Labute approximate surface area is 114 Å². The first kappa shape index (κ1) is 16.1. The first-order valence-corrected chi connectivity index (χ1v) is 6.95. The second-order valence-corrected chi connectivity index (χ2v) is 5.67. The lowest BCUT2D eigenvalue weighted by molar-refractivity contribution is -0.158. The van der Waals surface area contributed by atoms with Crippen molar-refractivity contribution in [2.45, 2.75) is 33.6 Å². The molecule has 1 aliphatic rings. The van der Waals surface area contributed by atoms with Crippen molar-refractivity contribution in [3.05, 3.63) is 0 Å². The minimum atomic E-state index is -1.08. The normalized spacial score (nSPS) is 18.3. The van der Waals surface area contributed by atoms with Crippen molar-refractivity contribution in [3.63, 3.8) is 0 Å². The van der Waals surface area contributed by atoms with E-state index in [1.54, 1.807) is 20.8 Å². The van der Waals surface area contributed by atoms with Gasteiger partial charge in [0, 0.05) is 6.61 Å². The largest absolute Gasteiger partial charge is 0.465 e. The highest BCUT2D eigenvalue weighted by Gasteiger charge is 2.38. The molecule has 0 radical (unpaired) electrons. The maximum Gasteiger partial charge on any atom is 0.319 e. The summed E-state index contributed by atoms with van der Waals surface area (Å²) in [5.41, 5.74) is -1.08. The number of esters is 1. The lowest BCUT2D eigenvalue weighted by Gasteiger charge is -2.32. The zero-order valence-electron chi connectivity index (χ0n) is 12.1. The Balaban J connectivity index is 2.48. The fourth-order valence-corrected chi connectivity index (χ4v) is 2.15. The Kier molecular flexibility index (Phi) is 5.94. The lowest BCUT2D eigenvalue weighted by atomic mass is 9.87. The Bertz CT molecular complexity index is 319. The summed E-state index contributed by atoms with van der Waals surface area (Å²) in [7, 11) is 0. The maximum absolute atomic E-state index is 12.2. The molecule has 0 aromatic carbocycles. The summed E-state index contributed by atoms with van der Waals surface area (Å²) in [4.78, 5) is 26.0. The van der Waals surface area contributed by atoms with E-state index in [0.29, 0.717) is 5.92 Å². The van der Waals surface area contributed by atoms with Gasteiger partial charge in [0.2, 0.25) is 0 Å². The Morgan fingerprint density at radius 3 is 2.37 bits per heavy atom. The monoisotopic (exact) mass is 271 g/mol. The fourth-order valence-electron chi connectivity index (χ4n) is 2.15. The maximum atomic E-state index is 12.2. The highest BCUT2D eigenvalue weighted by atomic mass is 16.5. The fraction of sp³-hybridized carbons (Fsp3) is 0.857. The number of ketones is 1. The quantitative estimate of drug-likeness (QED) is 0.573. The highest BCUT2D eigenvalue weighted by molar-refractivity contribution is 6.03. The number of aliphatic hydroxyl groups is 1. The molecule has 1 fully saturated rings. The molecule has 0 spiro atoms. The SMILES string of the molecule is CCOC(=O)C(C)(C)C(=O)CN1CCC(CO)CC1. The van der Waals surface area contributed by atoms with Crippen molar-refractivity contribution in [3.8, 4) is 0 Å². The number of rotatable bonds is 6. The van der Waals surface area contributed by atoms with Crippen LogP contribution in [-0.4, -0.2) is 54.6 Å². The summed E-state index contributed by atoms with van der Waals surface area (Å²) < 4.78 is 4.94. The van der Waals surface area contributed by atoms with E-state index in [-0.39, 0.29) is 25.5 Å². The van der Waals surface area contributed by atoms with E-state index in [1.165, 1.54) is 0 Å². The predicted octanol–water partition coefficient (Wildman–Crippen LogP) is 0.849. The van der Waals surface area contributed by atoms with Gasteiger partial charge in [-0.05, 0) is 52.6 Å². The third kappa shape index (κ3) is 4.28. The third-order valence-electron chi connectivity index (χ3n) is 3.82. The van der Waals surface area contributed by atoms with E-state index in [4.69, 9.17) is 9.84 Å². The molecule has 0 aromatic rings. The molecule has 0 aliphatic carbocycles. The lowest BCUT2D eigenvalue weighted by Crippen LogP contribution is -2.45. The van der Waals surface area contributed by atoms with E-state index in [1.807, 2.05) is 0 Å². The molecule has 1 aliphatic heterocycles. The van der Waals surface area contributed by atoms with Crippen molar-refractivity contribution < 1.29 is 19.4 Å². The van der Waals surface area contributed by atoms with E-state index >= 15 is 0 Å². The molecule has 0 saturated carbocycles. The molecule has 110 valence electrons. The van der Waals surface area contributed by atoms with Gasteiger partial charge in [-0.1, -0.05) is 0 Å². The Hall–Kier alpha value is -0.940. The zero-order valence-corrected chi connectivity index (χ0v) is 12.1. The predicted molar refractivity (Wildman–Crippen MR) is 71.7 cm³/mol. The molecule has 0 aromatic heterocycles.